The first-order chi connectivity index (χ1) is 10.0. The molecule has 2 atom stereocenters. The molecular weight excluding hydrogens is 286 g/mol. The predicted molar refractivity (Wildman–Crippen MR) is 85.4 cm³/mol. The molecule has 2 N–H and O–H groups in total. The molecule has 110 valence electrons. The molecule has 0 amide bonds. The number of aliphatic hydroxyl groups excluding tert-OH is 1. The molecule has 2 rings (SSSR count). The number of hydrogen-bond donors (Lipinski definition) is 2. The van der Waals surface area contributed by atoms with Crippen LogP contribution in [0.2, 0.25) is 5.02 Å². The van der Waals surface area contributed by atoms with Crippen molar-refractivity contribution in [3.63, 3.8) is 0 Å². The minimum Gasteiger partial charge on any atom is -0.393 e. The Morgan fingerprint density at radius 2 is 2.19 bits per heavy atom. The van der Waals surface area contributed by atoms with Crippen LogP contribution in [0.5, 0.6) is 0 Å². The van der Waals surface area contributed by atoms with E-state index in [2.05, 4.69) is 23.3 Å². The smallest absolute Gasteiger partial charge is 0.103 e. The molecule has 0 aliphatic heterocycles. The third kappa shape index (κ3) is 3.84. The van der Waals surface area contributed by atoms with E-state index in [4.69, 9.17) is 11.6 Å². The Morgan fingerprint density at radius 3 is 2.86 bits per heavy atom. The lowest BCUT2D eigenvalue weighted by Gasteiger charge is -2.17. The highest BCUT2D eigenvalue weighted by atomic mass is 35.5. The molecule has 1 heterocycles. The molecule has 2 aromatic rings. The van der Waals surface area contributed by atoms with Crippen molar-refractivity contribution in [1.82, 2.24) is 4.98 Å². The number of pyridine rings is 1. The number of hydrogen-bond acceptors (Lipinski definition) is 4. The summed E-state index contributed by atoms with van der Waals surface area (Å²) in [6.45, 7) is 4.51. The minimum absolute atomic E-state index is 0.291. The van der Waals surface area contributed by atoms with Gasteiger partial charge >= 0.3 is 0 Å². The van der Waals surface area contributed by atoms with Crippen LogP contribution in [0.15, 0.2) is 24.4 Å². The van der Waals surface area contributed by atoms with Gasteiger partial charge in [0.15, 0.2) is 0 Å². The van der Waals surface area contributed by atoms with Gasteiger partial charge in [-0.25, -0.2) is 0 Å². The molecule has 0 spiro atoms. The van der Waals surface area contributed by atoms with Gasteiger partial charge in [0.25, 0.3) is 0 Å². The van der Waals surface area contributed by atoms with Crippen LogP contribution in [0.3, 0.4) is 0 Å². The lowest BCUT2D eigenvalue weighted by molar-refractivity contribution is 0.166. The van der Waals surface area contributed by atoms with Crippen LogP contribution in [-0.2, 0) is 0 Å². The third-order valence-electron chi connectivity index (χ3n) is 3.32. The quantitative estimate of drug-likeness (QED) is 0.886. The molecule has 0 saturated carbocycles. The Bertz CT molecular complexity index is 679. The predicted octanol–water partition coefficient (Wildman–Crippen LogP) is 3.58. The molecular formula is C16H18ClN3O. The summed E-state index contributed by atoms with van der Waals surface area (Å²) >= 11 is 6.05. The fraction of sp³-hybridized carbons (Fsp3) is 0.375. The molecule has 1 aromatic carbocycles. The van der Waals surface area contributed by atoms with Gasteiger partial charge in [-0.05, 0) is 37.5 Å². The van der Waals surface area contributed by atoms with Crippen molar-refractivity contribution in [1.29, 1.82) is 5.26 Å². The highest BCUT2D eigenvalue weighted by Gasteiger charge is 2.11. The summed E-state index contributed by atoms with van der Waals surface area (Å²) in [5.74, 6) is 0.291. The molecule has 0 radical (unpaired) electrons. The number of aromatic nitrogens is 1. The maximum Gasteiger partial charge on any atom is 0.103 e. The number of rotatable bonds is 5. The maximum atomic E-state index is 9.42. The maximum absolute atomic E-state index is 9.42. The molecule has 0 aliphatic carbocycles. The van der Waals surface area contributed by atoms with E-state index in [-0.39, 0.29) is 6.10 Å². The van der Waals surface area contributed by atoms with Crippen LogP contribution in [-0.4, -0.2) is 22.7 Å². The number of fused-ring (bicyclic) bond motifs is 1. The molecule has 0 aliphatic rings. The van der Waals surface area contributed by atoms with Gasteiger partial charge in [0.1, 0.15) is 6.07 Å². The van der Waals surface area contributed by atoms with Crippen molar-refractivity contribution in [2.45, 2.75) is 26.4 Å². The highest BCUT2D eigenvalue weighted by Crippen LogP contribution is 2.28. The second-order valence-electron chi connectivity index (χ2n) is 5.39. The van der Waals surface area contributed by atoms with Gasteiger partial charge in [-0.15, -0.1) is 0 Å². The SMILES string of the molecule is C[C@H](CNc1c(C#N)cnc2ccc(Cl)cc12)C[C@@H](C)O. The minimum atomic E-state index is -0.333. The largest absolute Gasteiger partial charge is 0.393 e. The molecule has 0 fully saturated rings. The Labute approximate surface area is 129 Å². The van der Waals surface area contributed by atoms with Crippen molar-refractivity contribution in [3.05, 3.63) is 35.0 Å². The fourth-order valence-electron chi connectivity index (χ4n) is 2.38. The van der Waals surface area contributed by atoms with Crippen molar-refractivity contribution in [3.8, 4) is 6.07 Å². The van der Waals surface area contributed by atoms with Crippen molar-refractivity contribution < 1.29 is 5.11 Å². The Hall–Kier alpha value is -1.83. The Kier molecular flexibility index (Phi) is 5.00. The van der Waals surface area contributed by atoms with Crippen LogP contribution < -0.4 is 5.32 Å². The van der Waals surface area contributed by atoms with Gasteiger partial charge in [-0.3, -0.25) is 4.98 Å². The second-order valence-corrected chi connectivity index (χ2v) is 5.83. The monoisotopic (exact) mass is 303 g/mol. The average molecular weight is 304 g/mol. The molecule has 21 heavy (non-hydrogen) atoms. The number of nitrogens with one attached hydrogen (secondary N) is 1. The lowest BCUT2D eigenvalue weighted by atomic mass is 10.0. The van der Waals surface area contributed by atoms with Gasteiger partial charge < -0.3 is 10.4 Å². The topological polar surface area (TPSA) is 68.9 Å². The van der Waals surface area contributed by atoms with E-state index in [1.54, 1.807) is 19.2 Å². The molecule has 5 heteroatoms. The van der Waals surface area contributed by atoms with Gasteiger partial charge in [-0.1, -0.05) is 18.5 Å². The van der Waals surface area contributed by atoms with Gasteiger partial charge in [0, 0.05) is 23.2 Å². The normalized spacial score (nSPS) is 13.7. The van der Waals surface area contributed by atoms with Crippen LogP contribution >= 0.6 is 11.6 Å². The molecule has 0 unspecified atom stereocenters. The number of aliphatic hydroxyl groups is 1. The first kappa shape index (κ1) is 15.6. The molecule has 4 nitrogen and oxygen atoms in total. The van der Waals surface area contributed by atoms with Crippen LogP contribution in [0.4, 0.5) is 5.69 Å². The average Bonchev–Trinajstić information content (AvgIpc) is 2.43. The van der Waals surface area contributed by atoms with E-state index >= 15 is 0 Å². The van der Waals surface area contributed by atoms with Crippen molar-refractivity contribution in [2.75, 3.05) is 11.9 Å². The van der Waals surface area contributed by atoms with Crippen LogP contribution in [0.25, 0.3) is 10.9 Å². The highest BCUT2D eigenvalue weighted by molar-refractivity contribution is 6.31. The van der Waals surface area contributed by atoms with Gasteiger partial charge in [-0.2, -0.15) is 5.26 Å². The summed E-state index contributed by atoms with van der Waals surface area (Å²) in [6.07, 6.45) is 1.94. The van der Waals surface area contributed by atoms with E-state index in [1.807, 2.05) is 12.1 Å². The van der Waals surface area contributed by atoms with E-state index < -0.39 is 0 Å². The first-order valence-corrected chi connectivity index (χ1v) is 7.29. The van der Waals surface area contributed by atoms with Crippen molar-refractivity contribution in [2.24, 2.45) is 5.92 Å². The molecule has 0 bridgehead atoms. The molecule has 0 saturated heterocycles. The Morgan fingerprint density at radius 1 is 1.43 bits per heavy atom. The zero-order valence-electron chi connectivity index (χ0n) is 12.1. The third-order valence-corrected chi connectivity index (χ3v) is 3.56. The number of halogens is 1. The molecule has 1 aromatic heterocycles. The summed E-state index contributed by atoms with van der Waals surface area (Å²) in [7, 11) is 0. The second kappa shape index (κ2) is 6.75. The summed E-state index contributed by atoms with van der Waals surface area (Å²) in [5.41, 5.74) is 2.04. The zero-order valence-corrected chi connectivity index (χ0v) is 12.9. The summed E-state index contributed by atoms with van der Waals surface area (Å²) in [4.78, 5) is 4.27. The summed E-state index contributed by atoms with van der Waals surface area (Å²) in [6, 6.07) is 7.58. The summed E-state index contributed by atoms with van der Waals surface area (Å²) < 4.78 is 0. The zero-order chi connectivity index (χ0) is 15.4. The standard InChI is InChI=1S/C16H18ClN3O/c1-10(5-11(2)21)8-20-16-12(7-18)9-19-15-4-3-13(17)6-14(15)16/h3-4,6,9-11,21H,5,8H2,1-2H3,(H,19,20)/t10-,11+/m0/s1. The number of nitrogens with zero attached hydrogens (tertiary/aromatic N) is 2. The Balaban J connectivity index is 2.32. The number of nitriles is 1. The van der Waals surface area contributed by atoms with Crippen LogP contribution in [0, 0.1) is 17.2 Å². The van der Waals surface area contributed by atoms with E-state index in [9.17, 15) is 10.4 Å². The summed E-state index contributed by atoms with van der Waals surface area (Å²) in [5, 5.41) is 23.4. The lowest BCUT2D eigenvalue weighted by Crippen LogP contribution is -2.17. The number of anilines is 1. The van der Waals surface area contributed by atoms with Gasteiger partial charge in [0.05, 0.1) is 22.9 Å². The van der Waals surface area contributed by atoms with E-state index in [1.165, 1.54) is 0 Å². The van der Waals surface area contributed by atoms with E-state index in [0.717, 1.165) is 16.6 Å². The van der Waals surface area contributed by atoms with E-state index in [0.29, 0.717) is 29.5 Å². The van der Waals surface area contributed by atoms with Crippen LogP contribution in [0.1, 0.15) is 25.8 Å². The van der Waals surface area contributed by atoms with Gasteiger partial charge in [0.2, 0.25) is 0 Å². The first-order valence-electron chi connectivity index (χ1n) is 6.91. The number of benzene rings is 1. The van der Waals surface area contributed by atoms with Crippen molar-refractivity contribution >= 4 is 28.2 Å². The fourth-order valence-corrected chi connectivity index (χ4v) is 2.55.